The molecule has 2 N–H and O–H groups in total. The van der Waals surface area contributed by atoms with Crippen LogP contribution in [0.15, 0.2) is 18.2 Å². The van der Waals surface area contributed by atoms with E-state index >= 15 is 0 Å². The highest BCUT2D eigenvalue weighted by Gasteiger charge is 2.22. The SMILES string of the molecule is O=C(CNc1cc(F)cc(Cl)c1)NC1CC1. The summed E-state index contributed by atoms with van der Waals surface area (Å²) in [6.07, 6.45) is 2.11. The molecule has 0 radical (unpaired) electrons. The van der Waals surface area contributed by atoms with Crippen molar-refractivity contribution in [1.82, 2.24) is 5.32 Å². The first kappa shape index (κ1) is 11.2. The topological polar surface area (TPSA) is 41.1 Å². The summed E-state index contributed by atoms with van der Waals surface area (Å²) in [5.41, 5.74) is 0.510. The van der Waals surface area contributed by atoms with E-state index in [2.05, 4.69) is 10.6 Å². The molecule has 0 unspecified atom stereocenters. The average molecular weight is 243 g/mol. The first-order chi connectivity index (χ1) is 7.63. The van der Waals surface area contributed by atoms with Crippen LogP contribution in [0.5, 0.6) is 0 Å². The van der Waals surface area contributed by atoms with Crippen molar-refractivity contribution < 1.29 is 9.18 Å². The van der Waals surface area contributed by atoms with Crippen molar-refractivity contribution in [3.63, 3.8) is 0 Å². The summed E-state index contributed by atoms with van der Waals surface area (Å²) >= 11 is 5.68. The molecule has 1 amide bonds. The van der Waals surface area contributed by atoms with E-state index in [1.54, 1.807) is 6.07 Å². The maximum Gasteiger partial charge on any atom is 0.239 e. The van der Waals surface area contributed by atoms with Crippen LogP contribution in [0.4, 0.5) is 10.1 Å². The van der Waals surface area contributed by atoms with Gasteiger partial charge in [0, 0.05) is 16.8 Å². The van der Waals surface area contributed by atoms with Crippen molar-refractivity contribution in [3.8, 4) is 0 Å². The molecule has 3 nitrogen and oxygen atoms in total. The van der Waals surface area contributed by atoms with Gasteiger partial charge in [0.15, 0.2) is 0 Å². The first-order valence-electron chi connectivity index (χ1n) is 5.13. The van der Waals surface area contributed by atoms with Crippen LogP contribution in [0.25, 0.3) is 0 Å². The number of benzene rings is 1. The summed E-state index contributed by atoms with van der Waals surface area (Å²) in [4.78, 5) is 11.3. The summed E-state index contributed by atoms with van der Waals surface area (Å²) in [5.74, 6) is -0.500. The van der Waals surface area contributed by atoms with E-state index in [-0.39, 0.29) is 12.5 Å². The number of amides is 1. The predicted octanol–water partition coefficient (Wildman–Crippen LogP) is 2.17. The van der Waals surface area contributed by atoms with Crippen molar-refractivity contribution >= 4 is 23.2 Å². The van der Waals surface area contributed by atoms with Crippen molar-refractivity contribution in [1.29, 1.82) is 0 Å². The van der Waals surface area contributed by atoms with Crippen molar-refractivity contribution in [3.05, 3.63) is 29.0 Å². The van der Waals surface area contributed by atoms with E-state index < -0.39 is 5.82 Å². The van der Waals surface area contributed by atoms with E-state index in [1.165, 1.54) is 12.1 Å². The molecule has 2 rings (SSSR count). The van der Waals surface area contributed by atoms with Gasteiger partial charge in [-0.3, -0.25) is 4.79 Å². The van der Waals surface area contributed by atoms with Gasteiger partial charge in [0.25, 0.3) is 0 Å². The molecule has 1 fully saturated rings. The molecule has 0 spiro atoms. The Morgan fingerprint density at radius 2 is 2.19 bits per heavy atom. The third-order valence-corrected chi connectivity index (χ3v) is 2.48. The van der Waals surface area contributed by atoms with Gasteiger partial charge in [-0.1, -0.05) is 11.6 Å². The third kappa shape index (κ3) is 3.38. The lowest BCUT2D eigenvalue weighted by Crippen LogP contribution is -2.31. The normalized spacial score (nSPS) is 14.6. The van der Waals surface area contributed by atoms with Crippen molar-refractivity contribution in [2.45, 2.75) is 18.9 Å². The summed E-state index contributed by atoms with van der Waals surface area (Å²) in [5, 5.41) is 5.96. The minimum Gasteiger partial charge on any atom is -0.376 e. The minimum atomic E-state index is -0.419. The number of anilines is 1. The van der Waals surface area contributed by atoms with E-state index in [0.29, 0.717) is 16.8 Å². The zero-order valence-corrected chi connectivity index (χ0v) is 9.35. The lowest BCUT2D eigenvalue weighted by molar-refractivity contribution is -0.119. The van der Waals surface area contributed by atoms with E-state index in [1.807, 2.05) is 0 Å². The van der Waals surface area contributed by atoms with Gasteiger partial charge in [-0.2, -0.15) is 0 Å². The summed E-state index contributed by atoms with van der Waals surface area (Å²) < 4.78 is 12.9. The van der Waals surface area contributed by atoms with Gasteiger partial charge in [0.2, 0.25) is 5.91 Å². The maximum absolute atomic E-state index is 12.9. The van der Waals surface area contributed by atoms with Crippen LogP contribution in [-0.2, 0) is 4.79 Å². The van der Waals surface area contributed by atoms with Gasteiger partial charge in [0.05, 0.1) is 6.54 Å². The number of hydrogen-bond donors (Lipinski definition) is 2. The highest BCUT2D eigenvalue weighted by molar-refractivity contribution is 6.30. The first-order valence-corrected chi connectivity index (χ1v) is 5.50. The fraction of sp³-hybridized carbons (Fsp3) is 0.364. The third-order valence-electron chi connectivity index (χ3n) is 2.26. The summed E-state index contributed by atoms with van der Waals surface area (Å²) in [7, 11) is 0. The highest BCUT2D eigenvalue weighted by atomic mass is 35.5. The largest absolute Gasteiger partial charge is 0.376 e. The van der Waals surface area contributed by atoms with Crippen molar-refractivity contribution in [2.24, 2.45) is 0 Å². The molecule has 0 saturated heterocycles. The quantitative estimate of drug-likeness (QED) is 0.850. The molecular weight excluding hydrogens is 231 g/mol. The lowest BCUT2D eigenvalue weighted by atomic mass is 10.3. The molecule has 1 aliphatic carbocycles. The van der Waals surface area contributed by atoms with Gasteiger partial charge >= 0.3 is 0 Å². The molecule has 1 aromatic carbocycles. The second-order valence-corrected chi connectivity index (χ2v) is 4.29. The Hall–Kier alpha value is -1.29. The van der Waals surface area contributed by atoms with Crippen LogP contribution in [0.2, 0.25) is 5.02 Å². The molecule has 1 aromatic rings. The summed E-state index contributed by atoms with van der Waals surface area (Å²) in [6, 6.07) is 4.44. The average Bonchev–Trinajstić information content (AvgIpc) is 2.97. The predicted molar refractivity (Wildman–Crippen MR) is 61.1 cm³/mol. The van der Waals surface area contributed by atoms with Gasteiger partial charge < -0.3 is 10.6 Å². The number of rotatable bonds is 4. The van der Waals surface area contributed by atoms with Crippen LogP contribution in [0.1, 0.15) is 12.8 Å². The Kier molecular flexibility index (Phi) is 3.29. The molecule has 0 atom stereocenters. The smallest absolute Gasteiger partial charge is 0.239 e. The molecular formula is C11H12ClFN2O. The second-order valence-electron chi connectivity index (χ2n) is 3.85. The Morgan fingerprint density at radius 1 is 1.44 bits per heavy atom. The molecule has 16 heavy (non-hydrogen) atoms. The lowest BCUT2D eigenvalue weighted by Gasteiger charge is -2.07. The van der Waals surface area contributed by atoms with Crippen LogP contribution in [0.3, 0.4) is 0 Å². The molecule has 86 valence electrons. The fourth-order valence-corrected chi connectivity index (χ4v) is 1.57. The van der Waals surface area contributed by atoms with E-state index in [9.17, 15) is 9.18 Å². The van der Waals surface area contributed by atoms with Gasteiger partial charge in [-0.05, 0) is 31.0 Å². The molecule has 1 aliphatic rings. The van der Waals surface area contributed by atoms with E-state index in [0.717, 1.165) is 12.8 Å². The Morgan fingerprint density at radius 3 is 2.81 bits per heavy atom. The second kappa shape index (κ2) is 4.70. The van der Waals surface area contributed by atoms with Gasteiger partial charge in [-0.15, -0.1) is 0 Å². The highest BCUT2D eigenvalue weighted by Crippen LogP contribution is 2.19. The zero-order valence-electron chi connectivity index (χ0n) is 8.59. The number of nitrogens with one attached hydrogen (secondary N) is 2. The summed E-state index contributed by atoms with van der Waals surface area (Å²) in [6.45, 7) is 0.135. The van der Waals surface area contributed by atoms with Gasteiger partial charge in [-0.25, -0.2) is 4.39 Å². The molecule has 5 heteroatoms. The minimum absolute atomic E-state index is 0.0807. The number of carbonyl (C=O) groups is 1. The molecule has 0 bridgehead atoms. The maximum atomic E-state index is 12.9. The standard InChI is InChI=1S/C11H12ClFN2O/c12-7-3-8(13)5-10(4-7)14-6-11(16)15-9-1-2-9/h3-5,9,14H,1-2,6H2,(H,15,16). The molecule has 0 aliphatic heterocycles. The number of hydrogen-bond acceptors (Lipinski definition) is 2. The number of carbonyl (C=O) groups excluding carboxylic acids is 1. The Labute approximate surface area is 98.0 Å². The fourth-order valence-electron chi connectivity index (χ4n) is 1.34. The van der Waals surface area contributed by atoms with Crippen LogP contribution in [0, 0.1) is 5.82 Å². The zero-order chi connectivity index (χ0) is 11.5. The monoisotopic (exact) mass is 242 g/mol. The number of halogens is 2. The van der Waals surface area contributed by atoms with Crippen LogP contribution < -0.4 is 10.6 Å². The van der Waals surface area contributed by atoms with Crippen LogP contribution >= 0.6 is 11.6 Å². The van der Waals surface area contributed by atoms with E-state index in [4.69, 9.17) is 11.6 Å². The Balaban J connectivity index is 1.85. The molecule has 0 heterocycles. The van der Waals surface area contributed by atoms with Crippen LogP contribution in [-0.4, -0.2) is 18.5 Å². The molecule has 1 saturated carbocycles. The Bertz CT molecular complexity index is 387. The van der Waals surface area contributed by atoms with Gasteiger partial charge in [0.1, 0.15) is 5.82 Å². The van der Waals surface area contributed by atoms with Crippen molar-refractivity contribution in [2.75, 3.05) is 11.9 Å². The molecule has 0 aromatic heterocycles.